The predicted molar refractivity (Wildman–Crippen MR) is 129 cm³/mol. The number of benzene rings is 3. The monoisotopic (exact) mass is 446 g/mol. The fraction of sp³-hybridized carbons (Fsp3) is 0.321. The van der Waals surface area contributed by atoms with Crippen molar-refractivity contribution in [1.29, 1.82) is 0 Å². The Kier molecular flexibility index (Phi) is 7.53. The molecule has 0 saturated carbocycles. The van der Waals surface area contributed by atoms with Gasteiger partial charge in [0.25, 0.3) is 0 Å². The van der Waals surface area contributed by atoms with Crippen molar-refractivity contribution < 1.29 is 13.9 Å². The van der Waals surface area contributed by atoms with Gasteiger partial charge in [-0.15, -0.1) is 0 Å². The van der Waals surface area contributed by atoms with E-state index in [0.29, 0.717) is 12.0 Å². The molecule has 0 bridgehead atoms. The zero-order valence-corrected chi connectivity index (χ0v) is 19.3. The lowest BCUT2D eigenvalue weighted by atomic mass is 9.92. The van der Waals surface area contributed by atoms with Crippen molar-refractivity contribution in [3.63, 3.8) is 0 Å². The van der Waals surface area contributed by atoms with Gasteiger partial charge >= 0.3 is 0 Å². The van der Waals surface area contributed by atoms with Crippen molar-refractivity contribution in [1.82, 2.24) is 9.80 Å². The molecule has 1 aliphatic rings. The Balaban J connectivity index is 1.45. The van der Waals surface area contributed by atoms with Gasteiger partial charge in [-0.1, -0.05) is 36.4 Å². The van der Waals surface area contributed by atoms with Gasteiger partial charge in [0.1, 0.15) is 11.6 Å². The van der Waals surface area contributed by atoms with Crippen LogP contribution >= 0.6 is 0 Å². The maximum atomic E-state index is 13.1. The minimum Gasteiger partial charge on any atom is -0.497 e. The number of likely N-dealkylation sites (N-methyl/N-ethyl adjacent to an activating group) is 1. The summed E-state index contributed by atoms with van der Waals surface area (Å²) < 4.78 is 18.5. The van der Waals surface area contributed by atoms with Crippen LogP contribution in [0.25, 0.3) is 0 Å². The summed E-state index contributed by atoms with van der Waals surface area (Å²) in [5, 5.41) is 0. The normalized spacial score (nSPS) is 17.1. The highest BCUT2D eigenvalue weighted by atomic mass is 19.1. The molecule has 172 valence electrons. The molecule has 4 rings (SSSR count). The van der Waals surface area contributed by atoms with E-state index >= 15 is 0 Å². The molecule has 0 radical (unpaired) electrons. The smallest absolute Gasteiger partial charge is 0.162 e. The van der Waals surface area contributed by atoms with E-state index in [-0.39, 0.29) is 17.6 Å². The topological polar surface area (TPSA) is 32.8 Å². The molecule has 3 aromatic rings. The number of hydrogen-bond donors (Lipinski definition) is 0. The highest BCUT2D eigenvalue weighted by molar-refractivity contribution is 5.95. The van der Waals surface area contributed by atoms with E-state index < -0.39 is 0 Å². The molecule has 33 heavy (non-hydrogen) atoms. The Morgan fingerprint density at radius 3 is 2.45 bits per heavy atom. The number of ether oxygens (including phenoxy) is 1. The molecule has 0 saturated heterocycles. The van der Waals surface area contributed by atoms with Crippen molar-refractivity contribution in [2.45, 2.75) is 25.4 Å². The van der Waals surface area contributed by atoms with E-state index in [4.69, 9.17) is 4.74 Å². The van der Waals surface area contributed by atoms with Crippen LogP contribution in [0.4, 0.5) is 4.39 Å². The SMILES string of the molecule is COc1ccc(C2c3ccccc3CN(CCCC(=O)c3ccc(F)cc3)CCN2C)cc1. The molecule has 0 spiro atoms. The summed E-state index contributed by atoms with van der Waals surface area (Å²) in [6, 6.07) is 23.0. The zero-order valence-electron chi connectivity index (χ0n) is 19.3. The highest BCUT2D eigenvalue weighted by Gasteiger charge is 2.25. The van der Waals surface area contributed by atoms with Crippen LogP contribution in [0.5, 0.6) is 5.75 Å². The van der Waals surface area contributed by atoms with Crippen molar-refractivity contribution in [2.24, 2.45) is 0 Å². The second-order valence-corrected chi connectivity index (χ2v) is 8.66. The Morgan fingerprint density at radius 2 is 1.73 bits per heavy atom. The number of halogens is 1. The van der Waals surface area contributed by atoms with E-state index in [9.17, 15) is 9.18 Å². The minimum atomic E-state index is -0.317. The molecular weight excluding hydrogens is 415 g/mol. The summed E-state index contributed by atoms with van der Waals surface area (Å²) in [6.07, 6.45) is 1.25. The van der Waals surface area contributed by atoms with Gasteiger partial charge in [-0.3, -0.25) is 14.6 Å². The lowest BCUT2D eigenvalue weighted by Crippen LogP contribution is -2.39. The number of fused-ring (bicyclic) bond motifs is 1. The summed E-state index contributed by atoms with van der Waals surface area (Å²) >= 11 is 0. The Labute approximate surface area is 195 Å². The number of carbonyl (C=O) groups is 1. The molecule has 0 amide bonds. The summed E-state index contributed by atoms with van der Waals surface area (Å²) in [7, 11) is 3.86. The lowest BCUT2D eigenvalue weighted by molar-refractivity contribution is 0.0972. The van der Waals surface area contributed by atoms with Crippen LogP contribution in [0.1, 0.15) is 45.9 Å². The fourth-order valence-electron chi connectivity index (χ4n) is 4.59. The van der Waals surface area contributed by atoms with Crippen LogP contribution < -0.4 is 4.74 Å². The highest BCUT2D eigenvalue weighted by Crippen LogP contribution is 2.33. The molecule has 1 unspecified atom stereocenters. The third-order valence-electron chi connectivity index (χ3n) is 6.43. The summed E-state index contributed by atoms with van der Waals surface area (Å²) in [4.78, 5) is 17.3. The third kappa shape index (κ3) is 5.67. The van der Waals surface area contributed by atoms with E-state index in [0.717, 1.165) is 38.3 Å². The molecular formula is C28H31FN2O2. The van der Waals surface area contributed by atoms with Crippen LogP contribution in [0, 0.1) is 5.82 Å². The third-order valence-corrected chi connectivity index (χ3v) is 6.43. The van der Waals surface area contributed by atoms with Crippen molar-refractivity contribution >= 4 is 5.78 Å². The van der Waals surface area contributed by atoms with Crippen LogP contribution in [-0.2, 0) is 6.54 Å². The van der Waals surface area contributed by atoms with Gasteiger partial charge in [0.2, 0.25) is 0 Å². The number of rotatable bonds is 7. The van der Waals surface area contributed by atoms with Crippen LogP contribution in [0.3, 0.4) is 0 Å². The second-order valence-electron chi connectivity index (χ2n) is 8.66. The number of ketones is 1. The maximum Gasteiger partial charge on any atom is 0.162 e. The Morgan fingerprint density at radius 1 is 1.00 bits per heavy atom. The zero-order chi connectivity index (χ0) is 23.2. The molecule has 5 heteroatoms. The number of carbonyl (C=O) groups excluding carboxylic acids is 1. The molecule has 1 aliphatic heterocycles. The first-order chi connectivity index (χ1) is 16.0. The summed E-state index contributed by atoms with van der Waals surface area (Å²) in [5.74, 6) is 0.615. The van der Waals surface area contributed by atoms with E-state index in [1.807, 2.05) is 12.1 Å². The first-order valence-electron chi connectivity index (χ1n) is 11.5. The number of nitrogens with zero attached hydrogens (tertiary/aromatic N) is 2. The standard InChI is InChI=1S/C28H31FN2O2/c1-30-18-19-31(17-5-8-27(32)21-9-13-24(29)14-10-21)20-23-6-3-4-7-26(23)28(30)22-11-15-25(33-2)16-12-22/h3-4,6-7,9-16,28H,5,8,17-20H2,1-2H3. The molecule has 0 N–H and O–H groups in total. The molecule has 4 nitrogen and oxygen atoms in total. The second kappa shape index (κ2) is 10.7. The Hall–Kier alpha value is -3.02. The van der Waals surface area contributed by atoms with Gasteiger partial charge in [0.05, 0.1) is 13.2 Å². The van der Waals surface area contributed by atoms with Gasteiger partial charge < -0.3 is 4.74 Å². The van der Waals surface area contributed by atoms with Gasteiger partial charge in [0.15, 0.2) is 5.78 Å². The van der Waals surface area contributed by atoms with Crippen molar-refractivity contribution in [3.8, 4) is 5.75 Å². The average Bonchev–Trinajstić information content (AvgIpc) is 2.83. The Bertz CT molecular complexity index is 1070. The number of Topliss-reactive ketones (excluding diaryl/α,β-unsaturated/α-hetero) is 1. The molecule has 0 aliphatic carbocycles. The van der Waals surface area contributed by atoms with Gasteiger partial charge in [-0.05, 0) is 73.1 Å². The van der Waals surface area contributed by atoms with Gasteiger partial charge in [-0.25, -0.2) is 4.39 Å². The minimum absolute atomic E-state index is 0.0686. The largest absolute Gasteiger partial charge is 0.497 e. The predicted octanol–water partition coefficient (Wildman–Crippen LogP) is 5.33. The van der Waals surface area contributed by atoms with Crippen LogP contribution in [0.2, 0.25) is 0 Å². The molecule has 0 aromatic heterocycles. The molecule has 1 atom stereocenters. The fourth-order valence-corrected chi connectivity index (χ4v) is 4.59. The maximum absolute atomic E-state index is 13.1. The molecule has 1 heterocycles. The average molecular weight is 447 g/mol. The first kappa shape index (κ1) is 23.1. The van der Waals surface area contributed by atoms with E-state index in [1.54, 1.807) is 19.2 Å². The van der Waals surface area contributed by atoms with Crippen LogP contribution in [-0.4, -0.2) is 49.4 Å². The number of hydrogen-bond acceptors (Lipinski definition) is 4. The number of methoxy groups -OCH3 is 1. The summed E-state index contributed by atoms with van der Waals surface area (Å²) in [5.41, 5.74) is 4.47. The van der Waals surface area contributed by atoms with E-state index in [1.165, 1.54) is 28.8 Å². The van der Waals surface area contributed by atoms with Crippen molar-refractivity contribution in [2.75, 3.05) is 33.8 Å². The first-order valence-corrected chi connectivity index (χ1v) is 11.5. The van der Waals surface area contributed by atoms with Gasteiger partial charge in [-0.2, -0.15) is 0 Å². The lowest BCUT2D eigenvalue weighted by Gasteiger charge is -2.36. The van der Waals surface area contributed by atoms with Crippen LogP contribution in [0.15, 0.2) is 72.8 Å². The molecule has 0 fully saturated rings. The quantitative estimate of drug-likeness (QED) is 0.459. The summed E-state index contributed by atoms with van der Waals surface area (Å²) in [6.45, 7) is 3.57. The van der Waals surface area contributed by atoms with Gasteiger partial charge in [0, 0.05) is 31.6 Å². The van der Waals surface area contributed by atoms with Crippen molar-refractivity contribution in [3.05, 3.63) is 101 Å². The van der Waals surface area contributed by atoms with E-state index in [2.05, 4.69) is 53.2 Å². The molecule has 3 aromatic carbocycles.